The SMILES string of the molecule is COc1ccc(N2CCN(C(=O)c3cc(CC(C)C)nn3C)[C@@H](C)C2)cc1. The summed E-state index contributed by atoms with van der Waals surface area (Å²) in [7, 11) is 3.53. The lowest BCUT2D eigenvalue weighted by Crippen LogP contribution is -2.54. The van der Waals surface area contributed by atoms with Crippen LogP contribution in [0.25, 0.3) is 0 Å². The van der Waals surface area contributed by atoms with Gasteiger partial charge in [0.15, 0.2) is 0 Å². The number of nitrogens with zero attached hydrogens (tertiary/aromatic N) is 4. The molecule has 0 N–H and O–H groups in total. The number of methoxy groups -OCH3 is 1. The van der Waals surface area contributed by atoms with Gasteiger partial charge in [-0.1, -0.05) is 13.8 Å². The molecule has 2 heterocycles. The molecule has 27 heavy (non-hydrogen) atoms. The Morgan fingerprint density at radius 3 is 2.56 bits per heavy atom. The highest BCUT2D eigenvalue weighted by molar-refractivity contribution is 5.93. The average Bonchev–Trinajstić information content (AvgIpc) is 3.00. The van der Waals surface area contributed by atoms with Crippen molar-refractivity contribution in [1.82, 2.24) is 14.7 Å². The number of anilines is 1. The monoisotopic (exact) mass is 370 g/mol. The Bertz CT molecular complexity index is 782. The first-order chi connectivity index (χ1) is 12.9. The van der Waals surface area contributed by atoms with Crippen LogP contribution in [-0.2, 0) is 13.5 Å². The molecule has 1 fully saturated rings. The highest BCUT2D eigenvalue weighted by Gasteiger charge is 2.30. The number of piperazine rings is 1. The van der Waals surface area contributed by atoms with Gasteiger partial charge in [-0.2, -0.15) is 5.10 Å². The molecular weight excluding hydrogens is 340 g/mol. The summed E-state index contributed by atoms with van der Waals surface area (Å²) in [6.45, 7) is 8.77. The average molecular weight is 370 g/mol. The number of hydrogen-bond acceptors (Lipinski definition) is 4. The lowest BCUT2D eigenvalue weighted by atomic mass is 10.1. The van der Waals surface area contributed by atoms with Crippen molar-refractivity contribution >= 4 is 11.6 Å². The first-order valence-electron chi connectivity index (χ1n) is 9.62. The summed E-state index contributed by atoms with van der Waals surface area (Å²) in [4.78, 5) is 17.4. The summed E-state index contributed by atoms with van der Waals surface area (Å²) in [5.41, 5.74) is 2.82. The van der Waals surface area contributed by atoms with Gasteiger partial charge in [-0.3, -0.25) is 9.48 Å². The molecule has 0 spiro atoms. The summed E-state index contributed by atoms with van der Waals surface area (Å²) in [5.74, 6) is 1.45. The van der Waals surface area contributed by atoms with E-state index in [2.05, 4.69) is 42.9 Å². The van der Waals surface area contributed by atoms with E-state index in [-0.39, 0.29) is 11.9 Å². The number of benzene rings is 1. The third-order valence-electron chi connectivity index (χ3n) is 5.09. The zero-order valence-electron chi connectivity index (χ0n) is 17.0. The first kappa shape index (κ1) is 19.3. The van der Waals surface area contributed by atoms with Gasteiger partial charge in [-0.25, -0.2) is 0 Å². The van der Waals surface area contributed by atoms with E-state index < -0.39 is 0 Å². The molecule has 0 bridgehead atoms. The van der Waals surface area contributed by atoms with Gasteiger partial charge in [0.05, 0.1) is 12.8 Å². The van der Waals surface area contributed by atoms with Gasteiger partial charge in [0.25, 0.3) is 5.91 Å². The minimum absolute atomic E-state index is 0.0712. The van der Waals surface area contributed by atoms with Gasteiger partial charge >= 0.3 is 0 Å². The number of amides is 1. The molecule has 146 valence electrons. The quantitative estimate of drug-likeness (QED) is 0.812. The predicted octanol–water partition coefficient (Wildman–Crippen LogP) is 2.98. The molecule has 1 aromatic heterocycles. The van der Waals surface area contributed by atoms with Crippen LogP contribution in [0.15, 0.2) is 30.3 Å². The van der Waals surface area contributed by atoms with Gasteiger partial charge in [0, 0.05) is 38.4 Å². The third-order valence-corrected chi connectivity index (χ3v) is 5.09. The van der Waals surface area contributed by atoms with Crippen molar-refractivity contribution in [1.29, 1.82) is 0 Å². The van der Waals surface area contributed by atoms with E-state index in [0.717, 1.165) is 36.6 Å². The molecule has 0 radical (unpaired) electrons. The summed E-state index contributed by atoms with van der Waals surface area (Å²) in [6.07, 6.45) is 0.891. The highest BCUT2D eigenvalue weighted by Crippen LogP contribution is 2.23. The molecule has 2 aromatic rings. The Morgan fingerprint density at radius 1 is 1.26 bits per heavy atom. The molecule has 3 rings (SSSR count). The minimum Gasteiger partial charge on any atom is -0.497 e. The summed E-state index contributed by atoms with van der Waals surface area (Å²) < 4.78 is 6.96. The first-order valence-corrected chi connectivity index (χ1v) is 9.62. The van der Waals surface area contributed by atoms with Crippen LogP contribution in [0.1, 0.15) is 37.0 Å². The van der Waals surface area contributed by atoms with Gasteiger partial charge in [-0.05, 0) is 49.6 Å². The van der Waals surface area contributed by atoms with E-state index in [1.165, 1.54) is 0 Å². The number of ether oxygens (including phenoxy) is 1. The van der Waals surface area contributed by atoms with E-state index in [1.807, 2.05) is 30.1 Å². The summed E-state index contributed by atoms with van der Waals surface area (Å²) in [5, 5.41) is 4.52. The van der Waals surface area contributed by atoms with Crippen LogP contribution >= 0.6 is 0 Å². The highest BCUT2D eigenvalue weighted by atomic mass is 16.5. The topological polar surface area (TPSA) is 50.6 Å². The van der Waals surface area contributed by atoms with E-state index in [4.69, 9.17) is 4.74 Å². The predicted molar refractivity (Wildman–Crippen MR) is 107 cm³/mol. The maximum Gasteiger partial charge on any atom is 0.272 e. The zero-order chi connectivity index (χ0) is 19.6. The molecule has 0 aliphatic carbocycles. The van der Waals surface area contributed by atoms with Crippen LogP contribution < -0.4 is 9.64 Å². The van der Waals surface area contributed by atoms with Gasteiger partial charge in [0.2, 0.25) is 0 Å². The standard InChI is InChI=1S/C21H30N4O2/c1-15(2)12-17-13-20(23(4)22-17)21(26)25-11-10-24(14-16(25)3)18-6-8-19(27-5)9-7-18/h6-9,13,15-16H,10-12,14H2,1-5H3/t16-/m0/s1. The Hall–Kier alpha value is -2.50. The Kier molecular flexibility index (Phi) is 5.73. The number of rotatable bonds is 5. The molecule has 1 amide bonds. The fourth-order valence-electron chi connectivity index (χ4n) is 3.68. The van der Waals surface area contributed by atoms with Crippen molar-refractivity contribution in [2.45, 2.75) is 33.2 Å². The molecule has 1 aliphatic rings. The molecule has 0 saturated carbocycles. The van der Waals surface area contributed by atoms with Gasteiger partial charge < -0.3 is 14.5 Å². The second-order valence-corrected chi connectivity index (χ2v) is 7.73. The normalized spacial score (nSPS) is 17.5. The van der Waals surface area contributed by atoms with Crippen LogP contribution in [0.3, 0.4) is 0 Å². The van der Waals surface area contributed by atoms with Crippen molar-refractivity contribution in [3.8, 4) is 5.75 Å². The Balaban J connectivity index is 1.68. The lowest BCUT2D eigenvalue weighted by Gasteiger charge is -2.41. The molecular formula is C21H30N4O2. The molecule has 6 nitrogen and oxygen atoms in total. The van der Waals surface area contributed by atoms with Crippen LogP contribution in [0.4, 0.5) is 5.69 Å². The number of aromatic nitrogens is 2. The van der Waals surface area contributed by atoms with Crippen molar-refractivity contribution < 1.29 is 9.53 Å². The fraction of sp³-hybridized carbons (Fsp3) is 0.524. The minimum atomic E-state index is 0.0712. The molecule has 1 aliphatic heterocycles. The van der Waals surface area contributed by atoms with E-state index in [0.29, 0.717) is 18.2 Å². The van der Waals surface area contributed by atoms with Crippen LogP contribution in [-0.4, -0.2) is 53.4 Å². The van der Waals surface area contributed by atoms with Crippen molar-refractivity contribution in [3.63, 3.8) is 0 Å². The van der Waals surface area contributed by atoms with Crippen molar-refractivity contribution in [3.05, 3.63) is 41.7 Å². The molecule has 1 aromatic carbocycles. The van der Waals surface area contributed by atoms with Crippen LogP contribution in [0.5, 0.6) is 5.75 Å². The number of carbonyl (C=O) groups is 1. The fourth-order valence-corrected chi connectivity index (χ4v) is 3.68. The van der Waals surface area contributed by atoms with Crippen molar-refractivity contribution in [2.24, 2.45) is 13.0 Å². The van der Waals surface area contributed by atoms with Crippen molar-refractivity contribution in [2.75, 3.05) is 31.6 Å². The van der Waals surface area contributed by atoms with E-state index in [9.17, 15) is 4.79 Å². The zero-order valence-corrected chi connectivity index (χ0v) is 17.0. The molecule has 6 heteroatoms. The number of aryl methyl sites for hydroxylation is 1. The maximum absolute atomic E-state index is 13.1. The molecule has 1 saturated heterocycles. The lowest BCUT2D eigenvalue weighted by molar-refractivity contribution is 0.0663. The van der Waals surface area contributed by atoms with Crippen LogP contribution in [0, 0.1) is 5.92 Å². The van der Waals surface area contributed by atoms with Crippen LogP contribution in [0.2, 0.25) is 0 Å². The maximum atomic E-state index is 13.1. The Morgan fingerprint density at radius 2 is 1.96 bits per heavy atom. The number of carbonyl (C=O) groups excluding carboxylic acids is 1. The smallest absolute Gasteiger partial charge is 0.272 e. The summed E-state index contributed by atoms with van der Waals surface area (Å²) in [6, 6.07) is 10.2. The second kappa shape index (κ2) is 8.03. The summed E-state index contributed by atoms with van der Waals surface area (Å²) >= 11 is 0. The molecule has 0 unspecified atom stereocenters. The second-order valence-electron chi connectivity index (χ2n) is 7.73. The Labute approximate surface area is 161 Å². The van der Waals surface area contributed by atoms with E-state index in [1.54, 1.807) is 11.8 Å². The van der Waals surface area contributed by atoms with Gasteiger partial charge in [0.1, 0.15) is 11.4 Å². The van der Waals surface area contributed by atoms with E-state index >= 15 is 0 Å². The third kappa shape index (κ3) is 4.26. The molecule has 1 atom stereocenters. The van der Waals surface area contributed by atoms with Gasteiger partial charge in [-0.15, -0.1) is 0 Å². The largest absolute Gasteiger partial charge is 0.497 e. The number of hydrogen-bond donors (Lipinski definition) is 0.